The molecular formula is C12H8ClF3N2OS. The van der Waals surface area contributed by atoms with Crippen molar-refractivity contribution in [2.45, 2.75) is 6.18 Å². The van der Waals surface area contributed by atoms with Gasteiger partial charge in [-0.2, -0.15) is 18.3 Å². The quantitative estimate of drug-likeness (QED) is 0.631. The van der Waals surface area contributed by atoms with Crippen LogP contribution >= 0.6 is 22.9 Å². The van der Waals surface area contributed by atoms with E-state index in [1.807, 2.05) is 0 Å². The molecule has 0 radical (unpaired) electrons. The molecular weight excluding hydrogens is 313 g/mol. The van der Waals surface area contributed by atoms with Crippen LogP contribution in [-0.2, 0) is 13.2 Å². The van der Waals surface area contributed by atoms with Crippen LogP contribution in [0.25, 0.3) is 6.08 Å². The van der Waals surface area contributed by atoms with Crippen molar-refractivity contribution < 1.29 is 18.0 Å². The number of aryl methyl sites for hydroxylation is 1. The monoisotopic (exact) mass is 320 g/mol. The third kappa shape index (κ3) is 2.94. The van der Waals surface area contributed by atoms with Crippen molar-refractivity contribution in [1.29, 1.82) is 0 Å². The van der Waals surface area contributed by atoms with Crippen molar-refractivity contribution in [2.24, 2.45) is 7.05 Å². The van der Waals surface area contributed by atoms with Crippen LogP contribution in [0.5, 0.6) is 0 Å². The molecule has 20 heavy (non-hydrogen) atoms. The lowest BCUT2D eigenvalue weighted by atomic mass is 10.2. The van der Waals surface area contributed by atoms with Gasteiger partial charge in [0.2, 0.25) is 0 Å². The Labute approximate surface area is 121 Å². The highest BCUT2D eigenvalue weighted by atomic mass is 35.5. The van der Waals surface area contributed by atoms with Crippen molar-refractivity contribution in [3.8, 4) is 0 Å². The fourth-order valence-corrected chi connectivity index (χ4v) is 2.37. The van der Waals surface area contributed by atoms with E-state index in [1.54, 1.807) is 17.5 Å². The topological polar surface area (TPSA) is 34.9 Å². The molecule has 106 valence electrons. The van der Waals surface area contributed by atoms with Crippen LogP contribution < -0.4 is 0 Å². The summed E-state index contributed by atoms with van der Waals surface area (Å²) in [5, 5.41) is 4.86. The van der Waals surface area contributed by atoms with Gasteiger partial charge < -0.3 is 0 Å². The molecule has 0 fully saturated rings. The summed E-state index contributed by atoms with van der Waals surface area (Å²) in [5.74, 6) is -0.381. The average Bonchev–Trinajstić information content (AvgIpc) is 2.97. The first-order chi connectivity index (χ1) is 9.30. The highest BCUT2D eigenvalue weighted by Crippen LogP contribution is 2.34. The number of ketones is 1. The van der Waals surface area contributed by atoms with Crippen LogP contribution in [-0.4, -0.2) is 15.6 Å². The molecule has 0 aliphatic carbocycles. The van der Waals surface area contributed by atoms with Gasteiger partial charge in [-0.25, -0.2) is 0 Å². The number of nitrogens with zero attached hydrogens (tertiary/aromatic N) is 2. The van der Waals surface area contributed by atoms with E-state index < -0.39 is 11.9 Å². The van der Waals surface area contributed by atoms with Crippen LogP contribution in [0.1, 0.15) is 20.9 Å². The second-order valence-electron chi connectivity index (χ2n) is 3.85. The smallest absolute Gasteiger partial charge is 0.288 e. The number of carbonyl (C=O) groups excluding carboxylic acids is 1. The Morgan fingerprint density at radius 2 is 2.20 bits per heavy atom. The molecule has 0 aliphatic heterocycles. The fraction of sp³-hybridized carbons (Fsp3) is 0.167. The Hall–Kier alpha value is -1.60. The molecule has 0 saturated carbocycles. The normalized spacial score (nSPS) is 12.2. The summed E-state index contributed by atoms with van der Waals surface area (Å²) in [6, 6.07) is 3.27. The minimum absolute atomic E-state index is 0.174. The first-order valence-corrected chi connectivity index (χ1v) is 6.62. The molecule has 0 unspecified atom stereocenters. The van der Waals surface area contributed by atoms with Gasteiger partial charge in [0.05, 0.1) is 4.88 Å². The predicted octanol–water partition coefficient (Wildman–Crippen LogP) is 4.05. The highest BCUT2D eigenvalue weighted by Gasteiger charge is 2.37. The Kier molecular flexibility index (Phi) is 4.01. The molecule has 0 saturated heterocycles. The van der Waals surface area contributed by atoms with E-state index in [1.165, 1.54) is 18.4 Å². The minimum Gasteiger partial charge on any atom is -0.288 e. The molecule has 0 bridgehead atoms. The zero-order valence-corrected chi connectivity index (χ0v) is 11.7. The van der Waals surface area contributed by atoms with Crippen molar-refractivity contribution in [1.82, 2.24) is 9.78 Å². The second-order valence-corrected chi connectivity index (χ2v) is 5.16. The fourth-order valence-electron chi connectivity index (χ4n) is 1.54. The van der Waals surface area contributed by atoms with E-state index in [2.05, 4.69) is 5.10 Å². The number of alkyl halides is 3. The van der Waals surface area contributed by atoms with E-state index in [-0.39, 0.29) is 16.5 Å². The van der Waals surface area contributed by atoms with Crippen LogP contribution in [0.3, 0.4) is 0 Å². The van der Waals surface area contributed by atoms with Gasteiger partial charge in [0.15, 0.2) is 11.5 Å². The largest absolute Gasteiger partial charge is 0.435 e. The molecule has 0 atom stereocenters. The molecule has 0 amide bonds. The Morgan fingerprint density at radius 1 is 1.50 bits per heavy atom. The molecule has 0 aromatic carbocycles. The molecule has 0 N–H and O–H groups in total. The molecule has 0 aliphatic rings. The number of carbonyl (C=O) groups is 1. The Bertz CT molecular complexity index is 659. The van der Waals surface area contributed by atoms with E-state index in [0.29, 0.717) is 4.88 Å². The third-order valence-corrected chi connectivity index (χ3v) is 3.78. The van der Waals surface area contributed by atoms with Gasteiger partial charge in [-0.3, -0.25) is 9.48 Å². The predicted molar refractivity (Wildman–Crippen MR) is 70.9 cm³/mol. The lowest BCUT2D eigenvalue weighted by molar-refractivity contribution is -0.141. The summed E-state index contributed by atoms with van der Waals surface area (Å²) in [6.45, 7) is 0. The summed E-state index contributed by atoms with van der Waals surface area (Å²) in [7, 11) is 1.30. The maximum atomic E-state index is 12.8. The number of halogens is 4. The molecule has 3 nitrogen and oxygen atoms in total. The molecule has 2 rings (SSSR count). The SMILES string of the molecule is Cn1nc(C(F)(F)F)c(/C=C/C(=O)c2cccs2)c1Cl. The molecule has 2 heterocycles. The zero-order valence-electron chi connectivity index (χ0n) is 10.1. The Balaban J connectivity index is 2.36. The number of hydrogen-bond donors (Lipinski definition) is 0. The third-order valence-electron chi connectivity index (χ3n) is 2.45. The maximum Gasteiger partial charge on any atom is 0.435 e. The molecule has 0 spiro atoms. The second kappa shape index (κ2) is 5.41. The zero-order chi connectivity index (χ0) is 14.9. The summed E-state index contributed by atoms with van der Waals surface area (Å²) in [4.78, 5) is 12.2. The summed E-state index contributed by atoms with van der Waals surface area (Å²) in [5.41, 5.74) is -1.42. The highest BCUT2D eigenvalue weighted by molar-refractivity contribution is 7.12. The number of rotatable bonds is 3. The molecule has 2 aromatic rings. The van der Waals surface area contributed by atoms with E-state index in [0.717, 1.165) is 16.8 Å². The summed E-state index contributed by atoms with van der Waals surface area (Å²) in [6.07, 6.45) is -2.53. The van der Waals surface area contributed by atoms with E-state index >= 15 is 0 Å². The van der Waals surface area contributed by atoms with E-state index in [9.17, 15) is 18.0 Å². The van der Waals surface area contributed by atoms with Crippen LogP contribution in [0.4, 0.5) is 13.2 Å². The van der Waals surface area contributed by atoms with Gasteiger partial charge in [0.25, 0.3) is 0 Å². The molecule has 8 heteroatoms. The van der Waals surface area contributed by atoms with Crippen LogP contribution in [0.2, 0.25) is 5.15 Å². The maximum absolute atomic E-state index is 12.8. The van der Waals surface area contributed by atoms with Crippen LogP contribution in [0, 0.1) is 0 Å². The number of thiophene rings is 1. The summed E-state index contributed by atoms with van der Waals surface area (Å²) >= 11 is 6.98. The molecule has 2 aromatic heterocycles. The number of allylic oxidation sites excluding steroid dienone is 1. The number of hydrogen-bond acceptors (Lipinski definition) is 3. The van der Waals surface area contributed by atoms with Crippen molar-refractivity contribution in [2.75, 3.05) is 0 Å². The van der Waals surface area contributed by atoms with Gasteiger partial charge in [-0.05, 0) is 23.6 Å². The van der Waals surface area contributed by atoms with Crippen LogP contribution in [0.15, 0.2) is 23.6 Å². The van der Waals surface area contributed by atoms with Gasteiger partial charge >= 0.3 is 6.18 Å². The lowest BCUT2D eigenvalue weighted by Gasteiger charge is -2.02. The number of aromatic nitrogens is 2. The van der Waals surface area contributed by atoms with E-state index in [4.69, 9.17) is 11.6 Å². The van der Waals surface area contributed by atoms with Crippen molar-refractivity contribution >= 4 is 34.8 Å². The summed E-state index contributed by atoms with van der Waals surface area (Å²) < 4.78 is 39.3. The minimum atomic E-state index is -4.63. The first kappa shape index (κ1) is 14.8. The van der Waals surface area contributed by atoms with Crippen molar-refractivity contribution in [3.05, 3.63) is 44.9 Å². The van der Waals surface area contributed by atoms with Gasteiger partial charge in [0, 0.05) is 12.6 Å². The van der Waals surface area contributed by atoms with Crippen molar-refractivity contribution in [3.63, 3.8) is 0 Å². The van der Waals surface area contributed by atoms with Gasteiger partial charge in [0.1, 0.15) is 5.15 Å². The standard InChI is InChI=1S/C12H8ClF3N2OS/c1-18-11(13)7(10(17-18)12(14,15)16)4-5-8(19)9-3-2-6-20-9/h2-6H,1H3/b5-4+. The Morgan fingerprint density at radius 3 is 2.75 bits per heavy atom. The first-order valence-electron chi connectivity index (χ1n) is 5.36. The lowest BCUT2D eigenvalue weighted by Crippen LogP contribution is -2.08. The van der Waals surface area contributed by atoms with Gasteiger partial charge in [-0.15, -0.1) is 11.3 Å². The average molecular weight is 321 g/mol. The van der Waals surface area contributed by atoms with Gasteiger partial charge in [-0.1, -0.05) is 17.7 Å².